The molecule has 0 aliphatic carbocycles. The maximum absolute atomic E-state index is 11.8. The van der Waals surface area contributed by atoms with E-state index in [1.54, 1.807) is 6.08 Å². The number of ether oxygens (including phenoxy) is 2. The molecule has 3 rings (SSSR count). The number of rotatable bonds is 8. The van der Waals surface area contributed by atoms with Gasteiger partial charge in [-0.15, -0.1) is 11.3 Å². The van der Waals surface area contributed by atoms with Crippen LogP contribution in [0.5, 0.6) is 5.75 Å². The van der Waals surface area contributed by atoms with Gasteiger partial charge in [0, 0.05) is 6.08 Å². The summed E-state index contributed by atoms with van der Waals surface area (Å²) in [5.41, 5.74) is 3.10. The number of nitrogens with zero attached hydrogens (tertiary/aromatic N) is 1. The molecule has 1 heterocycles. The fourth-order valence-electron chi connectivity index (χ4n) is 2.65. The highest BCUT2D eigenvalue weighted by Crippen LogP contribution is 2.22. The van der Waals surface area contributed by atoms with E-state index in [2.05, 4.69) is 10.3 Å². The Morgan fingerprint density at radius 3 is 2.79 bits per heavy atom. The van der Waals surface area contributed by atoms with Crippen molar-refractivity contribution in [1.82, 2.24) is 10.3 Å². The normalized spacial score (nSPS) is 11.0. The zero-order chi connectivity index (χ0) is 20.6. The summed E-state index contributed by atoms with van der Waals surface area (Å²) in [4.78, 5) is 28.0. The van der Waals surface area contributed by atoms with Gasteiger partial charge in [-0.25, -0.2) is 9.78 Å². The molecule has 0 spiro atoms. The average molecular weight is 410 g/mol. The highest BCUT2D eigenvalue weighted by atomic mass is 32.1. The van der Waals surface area contributed by atoms with E-state index >= 15 is 0 Å². The van der Waals surface area contributed by atoms with Crippen molar-refractivity contribution in [3.05, 3.63) is 64.7 Å². The Kier molecular flexibility index (Phi) is 6.97. The lowest BCUT2D eigenvalue weighted by Crippen LogP contribution is -2.32. The number of carbonyl (C=O) groups excluding carboxylic acids is 2. The molecule has 0 aliphatic heterocycles. The lowest BCUT2D eigenvalue weighted by atomic mass is 10.1. The maximum atomic E-state index is 11.8. The first-order chi connectivity index (χ1) is 14.0. The molecule has 1 N–H and O–H groups in total. The lowest BCUT2D eigenvalue weighted by Gasteiger charge is -2.10. The van der Waals surface area contributed by atoms with Crippen LogP contribution in [0.4, 0.5) is 0 Å². The number of aromatic nitrogens is 1. The molecule has 1 aromatic heterocycles. The summed E-state index contributed by atoms with van der Waals surface area (Å²) in [5.74, 6) is -0.182. The minimum atomic E-state index is -0.592. The van der Waals surface area contributed by atoms with Crippen LogP contribution in [0.1, 0.15) is 16.1 Å². The van der Waals surface area contributed by atoms with Crippen molar-refractivity contribution in [1.29, 1.82) is 0 Å². The first-order valence-corrected chi connectivity index (χ1v) is 10.00. The Bertz CT molecular complexity index is 1010. The molecule has 6 nitrogen and oxygen atoms in total. The third kappa shape index (κ3) is 6.15. The maximum Gasteiger partial charge on any atom is 0.331 e. The van der Waals surface area contributed by atoms with Gasteiger partial charge in [-0.1, -0.05) is 29.8 Å². The summed E-state index contributed by atoms with van der Waals surface area (Å²) >= 11 is 1.48. The van der Waals surface area contributed by atoms with Gasteiger partial charge < -0.3 is 14.8 Å². The molecule has 0 saturated carbocycles. The van der Waals surface area contributed by atoms with Crippen molar-refractivity contribution in [2.75, 3.05) is 19.8 Å². The fourth-order valence-corrected chi connectivity index (χ4v) is 3.52. The van der Waals surface area contributed by atoms with Crippen molar-refractivity contribution >= 4 is 39.5 Å². The Hall–Kier alpha value is -3.19. The third-order valence-corrected chi connectivity index (χ3v) is 5.03. The van der Waals surface area contributed by atoms with E-state index < -0.39 is 5.97 Å². The SMILES string of the molecule is Cc1ccc(OCCNC(=O)COC(=O)/C=C/c2nc3ccccc3s2)c(C)c1. The van der Waals surface area contributed by atoms with Crippen LogP contribution in [-0.2, 0) is 14.3 Å². The quantitative estimate of drug-likeness (QED) is 0.348. The number of aryl methyl sites for hydroxylation is 2. The number of hydrogen-bond donors (Lipinski definition) is 1. The van der Waals surface area contributed by atoms with E-state index in [0.717, 1.165) is 21.5 Å². The number of para-hydroxylation sites is 1. The molecule has 7 heteroatoms. The number of hydrogen-bond acceptors (Lipinski definition) is 6. The number of fused-ring (bicyclic) bond motifs is 1. The van der Waals surface area contributed by atoms with Gasteiger partial charge in [0.05, 0.1) is 16.8 Å². The number of amides is 1. The predicted molar refractivity (Wildman–Crippen MR) is 114 cm³/mol. The van der Waals surface area contributed by atoms with Crippen LogP contribution in [0.15, 0.2) is 48.5 Å². The molecule has 0 radical (unpaired) electrons. The van der Waals surface area contributed by atoms with Crippen LogP contribution in [0.2, 0.25) is 0 Å². The topological polar surface area (TPSA) is 77.5 Å². The van der Waals surface area contributed by atoms with E-state index in [9.17, 15) is 9.59 Å². The highest BCUT2D eigenvalue weighted by molar-refractivity contribution is 7.19. The summed E-state index contributed by atoms with van der Waals surface area (Å²) in [7, 11) is 0. The second kappa shape index (κ2) is 9.84. The Morgan fingerprint density at radius 2 is 2.00 bits per heavy atom. The van der Waals surface area contributed by atoms with Crippen LogP contribution < -0.4 is 10.1 Å². The van der Waals surface area contributed by atoms with Gasteiger partial charge in [0.2, 0.25) is 0 Å². The van der Waals surface area contributed by atoms with E-state index in [1.165, 1.54) is 23.0 Å². The lowest BCUT2D eigenvalue weighted by molar-refractivity contribution is -0.143. The Morgan fingerprint density at radius 1 is 1.17 bits per heavy atom. The van der Waals surface area contributed by atoms with Gasteiger partial charge >= 0.3 is 5.97 Å². The molecule has 3 aromatic rings. The summed E-state index contributed by atoms with van der Waals surface area (Å²) in [5, 5.41) is 3.36. The van der Waals surface area contributed by atoms with Crippen LogP contribution in [0.3, 0.4) is 0 Å². The van der Waals surface area contributed by atoms with Crippen LogP contribution in [-0.4, -0.2) is 36.6 Å². The first-order valence-electron chi connectivity index (χ1n) is 9.18. The standard InChI is InChI=1S/C22H22N2O4S/c1-15-7-8-18(16(2)13-15)27-12-11-23-20(25)14-28-22(26)10-9-21-24-17-5-3-4-6-19(17)29-21/h3-10,13H,11-12,14H2,1-2H3,(H,23,25)/b10-9+. The molecule has 0 bridgehead atoms. The summed E-state index contributed by atoms with van der Waals surface area (Å²) in [6.45, 7) is 4.31. The van der Waals surface area contributed by atoms with Gasteiger partial charge in [0.1, 0.15) is 17.4 Å². The first kappa shape index (κ1) is 20.5. The largest absolute Gasteiger partial charge is 0.491 e. The minimum absolute atomic E-state index is 0.325. The van der Waals surface area contributed by atoms with Gasteiger partial charge in [-0.2, -0.15) is 0 Å². The second-order valence-electron chi connectivity index (χ2n) is 6.43. The van der Waals surface area contributed by atoms with Crippen LogP contribution >= 0.6 is 11.3 Å². The molecule has 0 fully saturated rings. The zero-order valence-electron chi connectivity index (χ0n) is 16.3. The minimum Gasteiger partial charge on any atom is -0.491 e. The predicted octanol–water partition coefficient (Wildman–Crippen LogP) is 3.66. The molecular weight excluding hydrogens is 388 g/mol. The van der Waals surface area contributed by atoms with Gasteiger partial charge in [-0.3, -0.25) is 4.79 Å². The molecule has 0 aliphatic rings. The number of carbonyl (C=O) groups is 2. The summed E-state index contributed by atoms with van der Waals surface area (Å²) in [6, 6.07) is 13.7. The van der Waals surface area contributed by atoms with E-state index in [0.29, 0.717) is 18.2 Å². The zero-order valence-corrected chi connectivity index (χ0v) is 17.1. The molecular formula is C22H22N2O4S. The van der Waals surface area contributed by atoms with E-state index in [4.69, 9.17) is 9.47 Å². The number of nitrogens with one attached hydrogen (secondary N) is 1. The van der Waals surface area contributed by atoms with Crippen LogP contribution in [0.25, 0.3) is 16.3 Å². The van der Waals surface area contributed by atoms with Crippen molar-refractivity contribution in [3.63, 3.8) is 0 Å². The van der Waals surface area contributed by atoms with Gasteiger partial charge in [0.15, 0.2) is 6.61 Å². The summed E-state index contributed by atoms with van der Waals surface area (Å²) < 4.78 is 11.6. The van der Waals surface area contributed by atoms with Crippen molar-refractivity contribution in [2.45, 2.75) is 13.8 Å². The smallest absolute Gasteiger partial charge is 0.331 e. The average Bonchev–Trinajstić information content (AvgIpc) is 3.12. The molecule has 150 valence electrons. The third-order valence-electron chi connectivity index (χ3n) is 4.03. The van der Waals surface area contributed by atoms with Crippen LogP contribution in [0, 0.1) is 13.8 Å². The van der Waals surface area contributed by atoms with E-state index in [-0.39, 0.29) is 12.5 Å². The summed E-state index contributed by atoms with van der Waals surface area (Å²) in [6.07, 6.45) is 2.86. The Labute approximate surface area is 173 Å². The number of benzene rings is 2. The van der Waals surface area contributed by atoms with Gasteiger partial charge in [0.25, 0.3) is 5.91 Å². The molecule has 2 aromatic carbocycles. The van der Waals surface area contributed by atoms with E-state index in [1.807, 2.05) is 56.3 Å². The molecule has 0 unspecified atom stereocenters. The number of esters is 1. The molecule has 29 heavy (non-hydrogen) atoms. The molecule has 1 amide bonds. The monoisotopic (exact) mass is 410 g/mol. The molecule has 0 atom stereocenters. The second-order valence-corrected chi connectivity index (χ2v) is 7.49. The van der Waals surface area contributed by atoms with Crippen molar-refractivity contribution in [3.8, 4) is 5.75 Å². The fraction of sp³-hybridized carbons (Fsp3) is 0.227. The number of thiazole rings is 1. The Balaban J connectivity index is 1.35. The molecule has 0 saturated heterocycles. The van der Waals surface area contributed by atoms with Crippen molar-refractivity contribution < 1.29 is 19.1 Å². The van der Waals surface area contributed by atoms with Crippen molar-refractivity contribution in [2.24, 2.45) is 0 Å². The van der Waals surface area contributed by atoms with Gasteiger partial charge in [-0.05, 0) is 43.7 Å². The highest BCUT2D eigenvalue weighted by Gasteiger charge is 2.06.